The zero-order valence-electron chi connectivity index (χ0n) is 13.5. The molecule has 1 fully saturated rings. The second kappa shape index (κ2) is 8.65. The summed E-state index contributed by atoms with van der Waals surface area (Å²) in [6.07, 6.45) is 4.82. The molecule has 0 amide bonds. The van der Waals surface area contributed by atoms with Crippen LogP contribution in [0.2, 0.25) is 5.02 Å². The van der Waals surface area contributed by atoms with Crippen molar-refractivity contribution >= 4 is 24.0 Å². The number of ether oxygens (including phenoxy) is 2. The van der Waals surface area contributed by atoms with Gasteiger partial charge in [-0.05, 0) is 30.5 Å². The molecule has 3 rings (SSSR count). The van der Waals surface area contributed by atoms with E-state index in [2.05, 4.69) is 23.9 Å². The quantitative estimate of drug-likeness (QED) is 0.689. The monoisotopic (exact) mass is 420 g/mol. The van der Waals surface area contributed by atoms with E-state index >= 15 is 0 Å². The summed E-state index contributed by atoms with van der Waals surface area (Å²) in [4.78, 5) is 4.01. The van der Waals surface area contributed by atoms with E-state index in [0.29, 0.717) is 18.2 Å². The number of hydrogen-bond acceptors (Lipinski definition) is 4. The van der Waals surface area contributed by atoms with Crippen molar-refractivity contribution in [2.24, 2.45) is 0 Å². The van der Waals surface area contributed by atoms with Gasteiger partial charge >= 0.3 is 0 Å². The Morgan fingerprint density at radius 3 is 2.38 bits per heavy atom. The fourth-order valence-corrected chi connectivity index (χ4v) is 3.03. The standard InChI is InChI=1S/C16H20ClN3O2.ClH.Cu/c1-3-16(4-2)21-10-15(22-16,9-20-12-18-11-19-20)13-5-7-14(17)8-6-13;;/h5-8,11-12H,3-4,9-10H2,1-2H3;1H;. The Labute approximate surface area is 164 Å². The smallest absolute Gasteiger partial charge is 0.169 e. The van der Waals surface area contributed by atoms with Crippen LogP contribution in [0.1, 0.15) is 32.3 Å². The van der Waals surface area contributed by atoms with Crippen molar-refractivity contribution < 1.29 is 26.5 Å². The molecule has 1 saturated heterocycles. The van der Waals surface area contributed by atoms with Gasteiger partial charge in [0.1, 0.15) is 18.3 Å². The normalized spacial score (nSPS) is 21.8. The van der Waals surface area contributed by atoms with Crippen molar-refractivity contribution in [1.82, 2.24) is 14.8 Å². The summed E-state index contributed by atoms with van der Waals surface area (Å²) in [6, 6.07) is 7.73. The van der Waals surface area contributed by atoms with Crippen LogP contribution in [0.5, 0.6) is 0 Å². The summed E-state index contributed by atoms with van der Waals surface area (Å²) in [5.74, 6) is -0.541. The van der Waals surface area contributed by atoms with Crippen molar-refractivity contribution in [2.75, 3.05) is 6.61 Å². The summed E-state index contributed by atoms with van der Waals surface area (Å²) in [7, 11) is 0. The van der Waals surface area contributed by atoms with Crippen LogP contribution in [0.4, 0.5) is 0 Å². The van der Waals surface area contributed by atoms with Crippen LogP contribution in [0, 0.1) is 0 Å². The molecular weight excluding hydrogens is 401 g/mol. The van der Waals surface area contributed by atoms with Crippen molar-refractivity contribution in [3.05, 3.63) is 47.5 Å². The van der Waals surface area contributed by atoms with Crippen LogP contribution >= 0.6 is 24.0 Å². The van der Waals surface area contributed by atoms with E-state index in [1.165, 1.54) is 6.33 Å². The molecule has 0 bridgehead atoms. The van der Waals surface area contributed by atoms with Gasteiger partial charge < -0.3 is 9.47 Å². The molecule has 1 aliphatic heterocycles. The third-order valence-electron chi connectivity index (χ3n) is 4.28. The van der Waals surface area contributed by atoms with Crippen LogP contribution in [0.25, 0.3) is 0 Å². The molecule has 2 heterocycles. The summed E-state index contributed by atoms with van der Waals surface area (Å²) < 4.78 is 14.3. The van der Waals surface area contributed by atoms with E-state index in [1.807, 2.05) is 24.3 Å². The number of benzene rings is 1. The number of aromatic nitrogens is 3. The number of nitrogens with zero attached hydrogens (tertiary/aromatic N) is 3. The van der Waals surface area contributed by atoms with Crippen molar-refractivity contribution in [2.45, 2.75) is 44.6 Å². The largest absolute Gasteiger partial charge is 0.346 e. The van der Waals surface area contributed by atoms with Gasteiger partial charge in [0, 0.05) is 22.1 Å². The Kier molecular flexibility index (Phi) is 7.73. The van der Waals surface area contributed by atoms with Gasteiger partial charge in [0.15, 0.2) is 5.79 Å². The van der Waals surface area contributed by atoms with Gasteiger partial charge in [-0.3, -0.25) is 0 Å². The Morgan fingerprint density at radius 2 is 1.88 bits per heavy atom. The fraction of sp³-hybridized carbons (Fsp3) is 0.500. The maximum Gasteiger partial charge on any atom is 0.169 e. The topological polar surface area (TPSA) is 49.2 Å². The van der Waals surface area contributed by atoms with E-state index in [0.717, 1.165) is 18.4 Å². The summed E-state index contributed by atoms with van der Waals surface area (Å²) >= 11 is 6.02. The minimum absolute atomic E-state index is 0. The van der Waals surface area contributed by atoms with E-state index in [-0.39, 0.29) is 29.5 Å². The van der Waals surface area contributed by atoms with Gasteiger partial charge in [-0.1, -0.05) is 37.6 Å². The molecule has 1 atom stereocenters. The van der Waals surface area contributed by atoms with Crippen molar-refractivity contribution in [1.29, 1.82) is 0 Å². The molecule has 0 aliphatic carbocycles. The Morgan fingerprint density at radius 1 is 1.21 bits per heavy atom. The minimum atomic E-state index is -0.579. The van der Waals surface area contributed by atoms with Gasteiger partial charge in [-0.2, -0.15) is 5.10 Å². The third kappa shape index (κ3) is 4.13. The first-order chi connectivity index (χ1) is 10.6. The first-order valence-corrected chi connectivity index (χ1v) is 7.92. The van der Waals surface area contributed by atoms with Gasteiger partial charge in [0.25, 0.3) is 0 Å². The molecule has 8 heteroatoms. The van der Waals surface area contributed by atoms with Gasteiger partial charge in [0.05, 0.1) is 13.2 Å². The molecule has 0 spiro atoms. The van der Waals surface area contributed by atoms with E-state index in [4.69, 9.17) is 21.1 Å². The molecule has 2 aromatic rings. The van der Waals surface area contributed by atoms with E-state index < -0.39 is 11.4 Å². The van der Waals surface area contributed by atoms with Crippen LogP contribution in [-0.4, -0.2) is 27.2 Å². The van der Waals surface area contributed by atoms with E-state index in [1.54, 1.807) is 11.0 Å². The maximum absolute atomic E-state index is 6.48. The predicted molar refractivity (Wildman–Crippen MR) is 90.8 cm³/mol. The zero-order valence-corrected chi connectivity index (χ0v) is 16.1. The second-order valence-electron chi connectivity index (χ2n) is 5.60. The fourth-order valence-electron chi connectivity index (χ4n) is 2.90. The van der Waals surface area contributed by atoms with Gasteiger partial charge in [-0.25, -0.2) is 9.67 Å². The molecule has 1 aliphatic rings. The zero-order chi connectivity index (χ0) is 15.6. The molecule has 1 radical (unpaired) electrons. The summed E-state index contributed by atoms with van der Waals surface area (Å²) in [5.41, 5.74) is 0.459. The first kappa shape index (κ1) is 21.4. The van der Waals surface area contributed by atoms with Crippen LogP contribution in [0.3, 0.4) is 0 Å². The average Bonchev–Trinajstić information content (AvgIpc) is 3.17. The molecule has 1 aromatic carbocycles. The molecule has 137 valence electrons. The third-order valence-corrected chi connectivity index (χ3v) is 4.53. The maximum atomic E-state index is 6.48. The SMILES string of the molecule is CCC1(CC)OCC(Cn2cncn2)(c2ccc(Cl)cc2)O1.Cl.[Cu]. The number of halogens is 2. The Bertz CT molecular complexity index is 621. The summed E-state index contributed by atoms with van der Waals surface area (Å²) in [6.45, 7) is 5.19. The van der Waals surface area contributed by atoms with Crippen molar-refractivity contribution in [3.63, 3.8) is 0 Å². The molecule has 0 saturated carbocycles. The first-order valence-electron chi connectivity index (χ1n) is 7.54. The predicted octanol–water partition coefficient (Wildman–Crippen LogP) is 3.81. The van der Waals surface area contributed by atoms with E-state index in [9.17, 15) is 0 Å². The van der Waals surface area contributed by atoms with Crippen LogP contribution in [-0.2, 0) is 38.7 Å². The second-order valence-corrected chi connectivity index (χ2v) is 6.04. The molecule has 5 nitrogen and oxygen atoms in total. The number of hydrogen-bond donors (Lipinski definition) is 0. The molecule has 24 heavy (non-hydrogen) atoms. The molecule has 1 unspecified atom stereocenters. The van der Waals surface area contributed by atoms with Gasteiger partial charge in [-0.15, -0.1) is 12.4 Å². The van der Waals surface area contributed by atoms with Crippen molar-refractivity contribution in [3.8, 4) is 0 Å². The van der Waals surface area contributed by atoms with Crippen LogP contribution in [0.15, 0.2) is 36.9 Å². The Hall–Kier alpha value is -0.621. The minimum Gasteiger partial charge on any atom is -0.346 e. The molecule has 1 aromatic heterocycles. The van der Waals surface area contributed by atoms with Crippen LogP contribution < -0.4 is 0 Å². The van der Waals surface area contributed by atoms with Gasteiger partial charge in [0.2, 0.25) is 0 Å². The molecular formula is C16H21Cl2CuN3O2. The Balaban J connectivity index is 0.00000144. The number of rotatable bonds is 5. The average molecular weight is 422 g/mol. The molecule has 0 N–H and O–H groups in total. The summed E-state index contributed by atoms with van der Waals surface area (Å²) in [5, 5.41) is 4.92.